The number of carbonyl (C=O) groups is 1. The molecule has 0 aliphatic rings. The number of rotatable bonds is 10. The van der Waals surface area contributed by atoms with Crippen molar-refractivity contribution in [1.82, 2.24) is 5.32 Å². The van der Waals surface area contributed by atoms with Crippen molar-refractivity contribution in [3.05, 3.63) is 89.5 Å². The van der Waals surface area contributed by atoms with Gasteiger partial charge in [-0.1, -0.05) is 42.5 Å². The van der Waals surface area contributed by atoms with Gasteiger partial charge >= 0.3 is 0 Å². The maximum Gasteiger partial charge on any atom is 0.251 e. The van der Waals surface area contributed by atoms with Gasteiger partial charge in [-0.05, 0) is 49.2 Å². The fraction of sp³-hybridized carbons (Fsp3) is 0.240. The normalized spacial score (nSPS) is 10.3. The molecule has 5 nitrogen and oxygen atoms in total. The van der Waals surface area contributed by atoms with E-state index in [-0.39, 0.29) is 12.5 Å². The standard InChI is InChI=1S/C25H27NO4/c1-3-29-22-14-13-20(25(27)26-16-15-19-9-5-4-6-10-19)17-21(22)18-30-24-12-8-7-11-23(24)28-2/h4-14,17H,3,15-16,18H2,1-2H3,(H,26,27). The number of hydrogen-bond acceptors (Lipinski definition) is 4. The molecule has 3 rings (SSSR count). The van der Waals surface area contributed by atoms with E-state index in [4.69, 9.17) is 14.2 Å². The highest BCUT2D eigenvalue weighted by molar-refractivity contribution is 5.94. The van der Waals surface area contributed by atoms with Crippen molar-refractivity contribution in [1.29, 1.82) is 0 Å². The summed E-state index contributed by atoms with van der Waals surface area (Å²) in [7, 11) is 1.61. The average molecular weight is 405 g/mol. The van der Waals surface area contributed by atoms with E-state index in [0.29, 0.717) is 36.0 Å². The molecular formula is C25H27NO4. The SMILES string of the molecule is CCOc1ccc(C(=O)NCCc2ccccc2)cc1COc1ccccc1OC. The zero-order valence-corrected chi connectivity index (χ0v) is 17.4. The van der Waals surface area contributed by atoms with E-state index in [1.807, 2.05) is 61.5 Å². The average Bonchev–Trinajstić information content (AvgIpc) is 2.79. The maximum absolute atomic E-state index is 12.6. The van der Waals surface area contributed by atoms with E-state index in [1.165, 1.54) is 5.56 Å². The van der Waals surface area contributed by atoms with Crippen LogP contribution in [0.3, 0.4) is 0 Å². The molecule has 0 unspecified atom stereocenters. The number of ether oxygens (including phenoxy) is 3. The summed E-state index contributed by atoms with van der Waals surface area (Å²) >= 11 is 0. The van der Waals surface area contributed by atoms with E-state index in [9.17, 15) is 4.79 Å². The first kappa shape index (κ1) is 21.2. The topological polar surface area (TPSA) is 56.8 Å². The minimum atomic E-state index is -0.118. The molecule has 0 heterocycles. The van der Waals surface area contributed by atoms with Crippen LogP contribution in [0.5, 0.6) is 17.2 Å². The lowest BCUT2D eigenvalue weighted by atomic mass is 10.1. The van der Waals surface area contributed by atoms with E-state index in [2.05, 4.69) is 17.4 Å². The lowest BCUT2D eigenvalue weighted by Gasteiger charge is -2.15. The molecule has 0 radical (unpaired) electrons. The van der Waals surface area contributed by atoms with Gasteiger partial charge in [-0.3, -0.25) is 4.79 Å². The number of benzene rings is 3. The molecule has 3 aromatic carbocycles. The van der Waals surface area contributed by atoms with Crippen LogP contribution < -0.4 is 19.5 Å². The Kier molecular flexibility index (Phi) is 7.72. The molecule has 0 saturated heterocycles. The Morgan fingerprint density at radius 1 is 0.867 bits per heavy atom. The summed E-state index contributed by atoms with van der Waals surface area (Å²) in [5.41, 5.74) is 2.57. The highest BCUT2D eigenvalue weighted by atomic mass is 16.5. The van der Waals surface area contributed by atoms with Gasteiger partial charge in [-0.2, -0.15) is 0 Å². The zero-order valence-electron chi connectivity index (χ0n) is 17.4. The van der Waals surface area contributed by atoms with Crippen molar-refractivity contribution in [2.75, 3.05) is 20.3 Å². The van der Waals surface area contributed by atoms with Gasteiger partial charge in [-0.25, -0.2) is 0 Å². The Morgan fingerprint density at radius 3 is 2.33 bits per heavy atom. The van der Waals surface area contributed by atoms with Gasteiger partial charge in [0.05, 0.1) is 13.7 Å². The fourth-order valence-corrected chi connectivity index (χ4v) is 3.09. The summed E-state index contributed by atoms with van der Waals surface area (Å²) in [6.07, 6.45) is 0.785. The van der Waals surface area contributed by atoms with Crippen LogP contribution in [0.25, 0.3) is 0 Å². The van der Waals surface area contributed by atoms with Crippen LogP contribution in [0.2, 0.25) is 0 Å². The monoisotopic (exact) mass is 405 g/mol. The van der Waals surface area contributed by atoms with Crippen LogP contribution >= 0.6 is 0 Å². The lowest BCUT2D eigenvalue weighted by Crippen LogP contribution is -2.25. The van der Waals surface area contributed by atoms with E-state index >= 15 is 0 Å². The summed E-state index contributed by atoms with van der Waals surface area (Å²) in [6.45, 7) is 3.29. The molecule has 0 aromatic heterocycles. The summed E-state index contributed by atoms with van der Waals surface area (Å²) in [5.74, 6) is 1.88. The van der Waals surface area contributed by atoms with Crippen molar-refractivity contribution in [3.63, 3.8) is 0 Å². The first-order valence-corrected chi connectivity index (χ1v) is 10.0. The number of methoxy groups -OCH3 is 1. The number of para-hydroxylation sites is 2. The molecule has 30 heavy (non-hydrogen) atoms. The molecular weight excluding hydrogens is 378 g/mol. The van der Waals surface area contributed by atoms with Crippen LogP contribution in [0.4, 0.5) is 0 Å². The van der Waals surface area contributed by atoms with Crippen molar-refractivity contribution in [3.8, 4) is 17.2 Å². The second-order valence-electron chi connectivity index (χ2n) is 6.69. The smallest absolute Gasteiger partial charge is 0.251 e. The van der Waals surface area contributed by atoms with Crippen LogP contribution in [-0.4, -0.2) is 26.2 Å². The highest BCUT2D eigenvalue weighted by Gasteiger charge is 2.12. The first-order valence-electron chi connectivity index (χ1n) is 10.0. The number of nitrogens with one attached hydrogen (secondary N) is 1. The second-order valence-corrected chi connectivity index (χ2v) is 6.69. The fourth-order valence-electron chi connectivity index (χ4n) is 3.09. The van der Waals surface area contributed by atoms with Gasteiger partial charge in [-0.15, -0.1) is 0 Å². The molecule has 0 saturated carbocycles. The first-order chi connectivity index (χ1) is 14.7. The summed E-state index contributed by atoms with van der Waals surface area (Å²) in [4.78, 5) is 12.6. The Bertz CT molecular complexity index is 956. The minimum Gasteiger partial charge on any atom is -0.493 e. The maximum atomic E-state index is 12.6. The largest absolute Gasteiger partial charge is 0.493 e. The van der Waals surface area contributed by atoms with Crippen LogP contribution in [0.1, 0.15) is 28.4 Å². The van der Waals surface area contributed by atoms with E-state index in [0.717, 1.165) is 12.0 Å². The minimum absolute atomic E-state index is 0.118. The van der Waals surface area contributed by atoms with Gasteiger partial charge in [0.2, 0.25) is 0 Å². The predicted octanol–water partition coefficient (Wildman–Crippen LogP) is 4.65. The Balaban J connectivity index is 1.67. The summed E-state index contributed by atoms with van der Waals surface area (Å²) in [5, 5.41) is 2.98. The van der Waals surface area contributed by atoms with Crippen LogP contribution in [0.15, 0.2) is 72.8 Å². The summed E-state index contributed by atoms with van der Waals surface area (Å²) in [6, 6.07) is 23.0. The lowest BCUT2D eigenvalue weighted by molar-refractivity contribution is 0.0954. The van der Waals surface area contributed by atoms with Gasteiger partial charge < -0.3 is 19.5 Å². The van der Waals surface area contributed by atoms with Crippen molar-refractivity contribution in [2.45, 2.75) is 20.0 Å². The van der Waals surface area contributed by atoms with Crippen molar-refractivity contribution < 1.29 is 19.0 Å². The van der Waals surface area contributed by atoms with Crippen LogP contribution in [-0.2, 0) is 13.0 Å². The van der Waals surface area contributed by atoms with Crippen LogP contribution in [0, 0.1) is 0 Å². The number of carbonyl (C=O) groups excluding carboxylic acids is 1. The molecule has 5 heteroatoms. The molecule has 1 amide bonds. The predicted molar refractivity (Wildman–Crippen MR) is 117 cm³/mol. The van der Waals surface area contributed by atoms with Crippen molar-refractivity contribution in [2.24, 2.45) is 0 Å². The third-order valence-electron chi connectivity index (χ3n) is 4.62. The molecule has 156 valence electrons. The zero-order chi connectivity index (χ0) is 21.2. The summed E-state index contributed by atoms with van der Waals surface area (Å²) < 4.78 is 17.0. The van der Waals surface area contributed by atoms with Gasteiger partial charge in [0.25, 0.3) is 5.91 Å². The third-order valence-corrected chi connectivity index (χ3v) is 4.62. The van der Waals surface area contributed by atoms with Gasteiger partial charge in [0.15, 0.2) is 11.5 Å². The Morgan fingerprint density at radius 2 is 1.60 bits per heavy atom. The van der Waals surface area contributed by atoms with Crippen molar-refractivity contribution >= 4 is 5.91 Å². The Hall–Kier alpha value is -3.47. The number of hydrogen-bond donors (Lipinski definition) is 1. The molecule has 1 N–H and O–H groups in total. The quantitative estimate of drug-likeness (QED) is 0.534. The molecule has 0 fully saturated rings. The van der Waals surface area contributed by atoms with Gasteiger partial charge in [0, 0.05) is 17.7 Å². The second kappa shape index (κ2) is 10.9. The molecule has 0 spiro atoms. The number of amides is 1. The molecule has 0 atom stereocenters. The molecule has 0 aliphatic carbocycles. The molecule has 3 aromatic rings. The van der Waals surface area contributed by atoms with Gasteiger partial charge in [0.1, 0.15) is 12.4 Å². The Labute approximate surface area is 177 Å². The van der Waals surface area contributed by atoms with E-state index in [1.54, 1.807) is 13.2 Å². The molecule has 0 aliphatic heterocycles. The highest BCUT2D eigenvalue weighted by Crippen LogP contribution is 2.28. The van der Waals surface area contributed by atoms with E-state index < -0.39 is 0 Å². The third kappa shape index (κ3) is 5.77. The molecule has 0 bridgehead atoms.